The predicted octanol–water partition coefficient (Wildman–Crippen LogP) is 2.34. The number of nitrogens with zero attached hydrogens (tertiary/aromatic N) is 1. The van der Waals surface area contributed by atoms with Crippen molar-refractivity contribution in [2.24, 2.45) is 0 Å². The lowest BCUT2D eigenvalue weighted by molar-refractivity contribution is -0.144. The molecule has 0 aromatic heterocycles. The fourth-order valence-corrected chi connectivity index (χ4v) is 2.54. The zero-order valence-electron chi connectivity index (χ0n) is 13.3. The highest BCUT2D eigenvalue weighted by Gasteiger charge is 2.20. The van der Waals surface area contributed by atoms with Crippen LogP contribution in [0, 0.1) is 0 Å². The number of hydrogen-bond donors (Lipinski definition) is 0. The molecule has 0 bridgehead atoms. The lowest BCUT2D eigenvalue weighted by Crippen LogP contribution is -2.41. The number of carbonyl (C=O) groups excluding carboxylic acids is 2. The van der Waals surface area contributed by atoms with Crippen molar-refractivity contribution in [3.05, 3.63) is 65.7 Å². The van der Waals surface area contributed by atoms with Gasteiger partial charge in [-0.1, -0.05) is 42.5 Å². The van der Waals surface area contributed by atoms with Crippen LogP contribution in [0.25, 0.3) is 0 Å². The lowest BCUT2D eigenvalue weighted by atomic mass is 10.1. The Bertz CT molecular complexity index is 697. The van der Waals surface area contributed by atoms with Crippen molar-refractivity contribution in [3.63, 3.8) is 0 Å². The summed E-state index contributed by atoms with van der Waals surface area (Å²) in [4.78, 5) is 25.4. The second-order valence-electron chi connectivity index (χ2n) is 5.59. The maximum Gasteiger partial charge on any atom is 0.310 e. The molecule has 5 heteroatoms. The van der Waals surface area contributed by atoms with Gasteiger partial charge in [-0.2, -0.15) is 0 Å². The van der Waals surface area contributed by atoms with E-state index in [2.05, 4.69) is 0 Å². The van der Waals surface area contributed by atoms with Crippen molar-refractivity contribution in [1.29, 1.82) is 0 Å². The molecule has 0 atom stereocenters. The molecular formula is C19H19NO4. The minimum atomic E-state index is -0.269. The first-order valence-corrected chi connectivity index (χ1v) is 7.89. The lowest BCUT2D eigenvalue weighted by Gasteiger charge is -2.26. The second-order valence-corrected chi connectivity index (χ2v) is 5.59. The van der Waals surface area contributed by atoms with Crippen LogP contribution in [-0.2, 0) is 32.1 Å². The third-order valence-corrected chi connectivity index (χ3v) is 3.82. The molecule has 0 spiro atoms. The van der Waals surface area contributed by atoms with E-state index in [1.165, 1.54) is 0 Å². The standard InChI is InChI=1S/C19H19NO4/c21-18-14-23-11-10-20(18)17-8-6-15(7-9-17)12-19(22)24-13-16-4-2-1-3-5-16/h1-9H,10-14H2. The van der Waals surface area contributed by atoms with E-state index < -0.39 is 0 Å². The van der Waals surface area contributed by atoms with E-state index in [-0.39, 0.29) is 31.5 Å². The van der Waals surface area contributed by atoms with Gasteiger partial charge < -0.3 is 14.4 Å². The average Bonchev–Trinajstić information content (AvgIpc) is 2.62. The topological polar surface area (TPSA) is 55.8 Å². The van der Waals surface area contributed by atoms with Gasteiger partial charge in [-0.25, -0.2) is 0 Å². The Hall–Kier alpha value is -2.66. The van der Waals surface area contributed by atoms with Gasteiger partial charge in [-0.3, -0.25) is 9.59 Å². The Kier molecular flexibility index (Phi) is 5.23. The summed E-state index contributed by atoms with van der Waals surface area (Å²) in [6, 6.07) is 17.0. The molecule has 2 aromatic carbocycles. The van der Waals surface area contributed by atoms with Crippen LogP contribution >= 0.6 is 0 Å². The van der Waals surface area contributed by atoms with E-state index in [4.69, 9.17) is 9.47 Å². The highest BCUT2D eigenvalue weighted by atomic mass is 16.5. The molecule has 0 aliphatic carbocycles. The molecule has 124 valence electrons. The molecule has 2 aromatic rings. The van der Waals surface area contributed by atoms with Crippen LogP contribution < -0.4 is 4.90 Å². The van der Waals surface area contributed by atoms with E-state index in [0.717, 1.165) is 16.8 Å². The summed E-state index contributed by atoms with van der Waals surface area (Å²) in [6.07, 6.45) is 0.212. The van der Waals surface area contributed by atoms with E-state index in [9.17, 15) is 9.59 Å². The van der Waals surface area contributed by atoms with Crippen LogP contribution in [0.3, 0.4) is 0 Å². The van der Waals surface area contributed by atoms with Gasteiger partial charge in [0.1, 0.15) is 13.2 Å². The number of rotatable bonds is 5. The number of benzene rings is 2. The van der Waals surface area contributed by atoms with Gasteiger partial charge in [0.25, 0.3) is 5.91 Å². The van der Waals surface area contributed by atoms with E-state index in [1.807, 2.05) is 54.6 Å². The number of carbonyl (C=O) groups is 2. The van der Waals surface area contributed by atoms with E-state index >= 15 is 0 Å². The van der Waals surface area contributed by atoms with E-state index in [0.29, 0.717) is 13.2 Å². The maximum absolute atomic E-state index is 11.9. The number of amides is 1. The monoisotopic (exact) mass is 325 g/mol. The van der Waals surface area contributed by atoms with Crippen LogP contribution in [0.2, 0.25) is 0 Å². The molecule has 0 radical (unpaired) electrons. The molecule has 3 rings (SSSR count). The Morgan fingerprint density at radius 3 is 2.50 bits per heavy atom. The first kappa shape index (κ1) is 16.2. The fraction of sp³-hybridized carbons (Fsp3) is 0.263. The van der Waals surface area contributed by atoms with Crippen LogP contribution in [0.4, 0.5) is 5.69 Å². The summed E-state index contributed by atoms with van der Waals surface area (Å²) in [5.74, 6) is -0.315. The molecule has 1 aliphatic rings. The van der Waals surface area contributed by atoms with Crippen LogP contribution in [0.1, 0.15) is 11.1 Å². The molecule has 1 saturated heterocycles. The predicted molar refractivity (Wildman–Crippen MR) is 89.6 cm³/mol. The first-order valence-electron chi connectivity index (χ1n) is 7.89. The summed E-state index contributed by atoms with van der Waals surface area (Å²) in [5, 5.41) is 0. The largest absolute Gasteiger partial charge is 0.461 e. The molecule has 0 unspecified atom stereocenters. The van der Waals surface area contributed by atoms with Gasteiger partial charge in [0.15, 0.2) is 0 Å². The number of esters is 1. The Balaban J connectivity index is 1.54. The van der Waals surface area contributed by atoms with Crippen LogP contribution in [-0.4, -0.2) is 31.6 Å². The van der Waals surface area contributed by atoms with Crippen molar-refractivity contribution in [2.45, 2.75) is 13.0 Å². The van der Waals surface area contributed by atoms with Crippen molar-refractivity contribution < 1.29 is 19.1 Å². The fourth-order valence-electron chi connectivity index (χ4n) is 2.54. The molecule has 5 nitrogen and oxygen atoms in total. The van der Waals surface area contributed by atoms with Crippen molar-refractivity contribution in [2.75, 3.05) is 24.7 Å². The number of ether oxygens (including phenoxy) is 2. The van der Waals surface area contributed by atoms with Gasteiger partial charge in [0, 0.05) is 12.2 Å². The highest BCUT2D eigenvalue weighted by Crippen LogP contribution is 2.18. The molecule has 1 fully saturated rings. The summed E-state index contributed by atoms with van der Waals surface area (Å²) < 4.78 is 10.4. The Morgan fingerprint density at radius 2 is 1.79 bits per heavy atom. The molecule has 1 aliphatic heterocycles. The van der Waals surface area contributed by atoms with Gasteiger partial charge in [0.05, 0.1) is 13.0 Å². The summed E-state index contributed by atoms with van der Waals surface area (Å²) >= 11 is 0. The van der Waals surface area contributed by atoms with Gasteiger partial charge >= 0.3 is 5.97 Å². The minimum absolute atomic E-state index is 0.0451. The molecule has 0 saturated carbocycles. The molecule has 0 N–H and O–H groups in total. The van der Waals surface area contributed by atoms with Gasteiger partial charge in [-0.05, 0) is 23.3 Å². The van der Waals surface area contributed by atoms with Crippen LogP contribution in [0.5, 0.6) is 0 Å². The van der Waals surface area contributed by atoms with Crippen molar-refractivity contribution >= 4 is 17.6 Å². The zero-order valence-corrected chi connectivity index (χ0v) is 13.3. The smallest absolute Gasteiger partial charge is 0.310 e. The third kappa shape index (κ3) is 4.20. The first-order chi connectivity index (χ1) is 11.7. The summed E-state index contributed by atoms with van der Waals surface area (Å²) in [5.41, 5.74) is 2.65. The average molecular weight is 325 g/mol. The SMILES string of the molecule is O=C(Cc1ccc(N2CCOCC2=O)cc1)OCc1ccccc1. The number of anilines is 1. The van der Waals surface area contributed by atoms with Gasteiger partial charge in [-0.15, -0.1) is 0 Å². The number of morpholine rings is 1. The van der Waals surface area contributed by atoms with E-state index in [1.54, 1.807) is 4.90 Å². The van der Waals surface area contributed by atoms with Crippen LogP contribution in [0.15, 0.2) is 54.6 Å². The van der Waals surface area contributed by atoms with Gasteiger partial charge in [0.2, 0.25) is 0 Å². The molecular weight excluding hydrogens is 306 g/mol. The molecule has 1 heterocycles. The minimum Gasteiger partial charge on any atom is -0.461 e. The second kappa shape index (κ2) is 7.75. The normalized spacial score (nSPS) is 14.5. The quantitative estimate of drug-likeness (QED) is 0.792. The highest BCUT2D eigenvalue weighted by molar-refractivity contribution is 5.94. The van der Waals surface area contributed by atoms with Crippen molar-refractivity contribution in [3.8, 4) is 0 Å². The number of hydrogen-bond acceptors (Lipinski definition) is 4. The molecule has 1 amide bonds. The third-order valence-electron chi connectivity index (χ3n) is 3.82. The van der Waals surface area contributed by atoms with Crippen molar-refractivity contribution in [1.82, 2.24) is 0 Å². The maximum atomic E-state index is 11.9. The summed E-state index contributed by atoms with van der Waals surface area (Å²) in [6.45, 7) is 1.49. The zero-order chi connectivity index (χ0) is 16.8. The molecule has 24 heavy (non-hydrogen) atoms. The Labute approximate surface area is 140 Å². The summed E-state index contributed by atoms with van der Waals surface area (Å²) in [7, 11) is 0. The Morgan fingerprint density at radius 1 is 1.04 bits per heavy atom.